The molecule has 0 amide bonds. The van der Waals surface area contributed by atoms with E-state index >= 15 is 0 Å². The maximum atomic E-state index is 12.9. The molecule has 9 heteroatoms. The summed E-state index contributed by atoms with van der Waals surface area (Å²) in [4.78, 5) is 17.0. The van der Waals surface area contributed by atoms with Crippen molar-refractivity contribution in [1.82, 2.24) is 24.5 Å². The van der Waals surface area contributed by atoms with E-state index in [1.807, 2.05) is 32.0 Å². The summed E-state index contributed by atoms with van der Waals surface area (Å²) in [5, 5.41) is 7.98. The van der Waals surface area contributed by atoms with Crippen LogP contribution in [0.5, 0.6) is 0 Å². The van der Waals surface area contributed by atoms with Crippen LogP contribution >= 0.6 is 0 Å². The molecule has 0 aliphatic heterocycles. The van der Waals surface area contributed by atoms with Crippen molar-refractivity contribution in [3.05, 3.63) is 81.4 Å². The summed E-state index contributed by atoms with van der Waals surface area (Å²) in [5.41, 5.74) is 2.35. The van der Waals surface area contributed by atoms with E-state index in [0.717, 1.165) is 28.9 Å². The molecule has 2 aromatic heterocycles. The monoisotopic (exact) mass is 399 g/mol. The smallest absolute Gasteiger partial charge is 0.293 e. The first-order valence-corrected chi connectivity index (χ1v) is 8.78. The van der Waals surface area contributed by atoms with Gasteiger partial charge in [0.05, 0.1) is 17.8 Å². The molecule has 0 aliphatic rings. The zero-order valence-electron chi connectivity index (χ0n) is 15.6. The number of hydrogen-bond donors (Lipinski definition) is 0. The molecule has 4 aromatic rings. The Kier molecular flexibility index (Phi) is 4.45. The van der Waals surface area contributed by atoms with Crippen molar-refractivity contribution in [3.8, 4) is 5.69 Å². The van der Waals surface area contributed by atoms with Gasteiger partial charge >= 0.3 is 6.18 Å². The molecule has 6 nitrogen and oxygen atoms in total. The zero-order chi connectivity index (χ0) is 20.8. The topological polar surface area (TPSA) is 65.6 Å². The van der Waals surface area contributed by atoms with Crippen LogP contribution in [-0.4, -0.2) is 24.5 Å². The number of fused-ring (bicyclic) bond motifs is 1. The Morgan fingerprint density at radius 1 is 1.03 bits per heavy atom. The summed E-state index contributed by atoms with van der Waals surface area (Å²) in [5.74, 6) is 0. The first-order chi connectivity index (χ1) is 13.7. The molecule has 0 unspecified atom stereocenters. The molecule has 0 spiro atoms. The van der Waals surface area contributed by atoms with Gasteiger partial charge < -0.3 is 0 Å². The van der Waals surface area contributed by atoms with Gasteiger partial charge in [-0.3, -0.25) is 9.36 Å². The SMILES string of the molecule is Cc1ccc(-n2nnc3c(=O)n(Cc4cccc(C(F)(F)F)c4)cnc32)cc1C. The Bertz CT molecular complexity index is 1270. The van der Waals surface area contributed by atoms with Crippen molar-refractivity contribution < 1.29 is 13.2 Å². The second kappa shape index (κ2) is 6.84. The highest BCUT2D eigenvalue weighted by Gasteiger charge is 2.30. The van der Waals surface area contributed by atoms with E-state index in [1.165, 1.54) is 27.7 Å². The number of aromatic nitrogens is 5. The molecule has 29 heavy (non-hydrogen) atoms. The van der Waals surface area contributed by atoms with Crippen molar-refractivity contribution in [3.63, 3.8) is 0 Å². The van der Waals surface area contributed by atoms with Gasteiger partial charge in [0.15, 0.2) is 11.2 Å². The van der Waals surface area contributed by atoms with E-state index in [9.17, 15) is 18.0 Å². The van der Waals surface area contributed by atoms with E-state index in [1.54, 1.807) is 0 Å². The van der Waals surface area contributed by atoms with Gasteiger partial charge in [-0.15, -0.1) is 5.10 Å². The first-order valence-electron chi connectivity index (χ1n) is 8.78. The predicted octanol–water partition coefficient (Wildman–Crippen LogP) is 3.66. The minimum atomic E-state index is -4.45. The van der Waals surface area contributed by atoms with Crippen molar-refractivity contribution in [2.75, 3.05) is 0 Å². The number of benzene rings is 2. The standard InChI is InChI=1S/C20H16F3N5O/c1-12-6-7-16(8-13(12)2)28-18-17(25-26-28)19(29)27(11-24-18)10-14-4-3-5-15(9-14)20(21,22)23/h3-9,11H,10H2,1-2H3. The van der Waals surface area contributed by atoms with Crippen molar-refractivity contribution in [1.29, 1.82) is 0 Å². The lowest BCUT2D eigenvalue weighted by molar-refractivity contribution is -0.137. The average molecular weight is 399 g/mol. The van der Waals surface area contributed by atoms with Gasteiger partial charge in [-0.25, -0.2) is 4.98 Å². The maximum absolute atomic E-state index is 12.9. The molecule has 0 saturated carbocycles. The van der Waals surface area contributed by atoms with E-state index in [2.05, 4.69) is 15.3 Å². The Balaban J connectivity index is 1.73. The fraction of sp³-hybridized carbons (Fsp3) is 0.200. The fourth-order valence-electron chi connectivity index (χ4n) is 3.03. The summed E-state index contributed by atoms with van der Waals surface area (Å²) in [6.45, 7) is 3.90. The van der Waals surface area contributed by atoms with E-state index in [-0.39, 0.29) is 12.1 Å². The molecule has 0 radical (unpaired) electrons. The van der Waals surface area contributed by atoms with Crippen LogP contribution in [0.3, 0.4) is 0 Å². The highest BCUT2D eigenvalue weighted by Crippen LogP contribution is 2.29. The molecule has 0 aliphatic carbocycles. The first kappa shape index (κ1) is 18.9. The number of halogens is 3. The number of rotatable bonds is 3. The minimum absolute atomic E-state index is 0.0534. The van der Waals surface area contributed by atoms with Crippen LogP contribution in [0.15, 0.2) is 53.6 Å². The molecule has 0 bridgehead atoms. The second-order valence-electron chi connectivity index (χ2n) is 6.82. The number of nitrogens with zero attached hydrogens (tertiary/aromatic N) is 5. The van der Waals surface area contributed by atoms with E-state index < -0.39 is 17.3 Å². The largest absolute Gasteiger partial charge is 0.416 e. The molecule has 2 heterocycles. The third kappa shape index (κ3) is 3.51. The third-order valence-electron chi connectivity index (χ3n) is 4.77. The van der Waals surface area contributed by atoms with Gasteiger partial charge in [0.1, 0.15) is 6.33 Å². The number of hydrogen-bond acceptors (Lipinski definition) is 4. The normalized spacial score (nSPS) is 11.9. The highest BCUT2D eigenvalue weighted by atomic mass is 19.4. The molecule has 4 rings (SSSR count). The molecule has 148 valence electrons. The van der Waals surface area contributed by atoms with Gasteiger partial charge in [0, 0.05) is 0 Å². The van der Waals surface area contributed by atoms with Crippen LogP contribution in [0.2, 0.25) is 0 Å². The third-order valence-corrected chi connectivity index (χ3v) is 4.77. The van der Waals surface area contributed by atoms with Gasteiger partial charge in [0.25, 0.3) is 5.56 Å². The van der Waals surface area contributed by atoms with E-state index in [0.29, 0.717) is 11.2 Å². The summed E-state index contributed by atoms with van der Waals surface area (Å²) < 4.78 is 41.4. The summed E-state index contributed by atoms with van der Waals surface area (Å²) in [6, 6.07) is 10.5. The fourth-order valence-corrected chi connectivity index (χ4v) is 3.03. The summed E-state index contributed by atoms with van der Waals surface area (Å²) >= 11 is 0. The number of aryl methyl sites for hydroxylation is 2. The van der Waals surface area contributed by atoms with Crippen molar-refractivity contribution in [2.45, 2.75) is 26.6 Å². The summed E-state index contributed by atoms with van der Waals surface area (Å²) in [7, 11) is 0. The maximum Gasteiger partial charge on any atom is 0.416 e. The van der Waals surface area contributed by atoms with Crippen LogP contribution < -0.4 is 5.56 Å². The lowest BCUT2D eigenvalue weighted by Crippen LogP contribution is -2.21. The summed E-state index contributed by atoms with van der Waals surface area (Å²) in [6.07, 6.45) is -3.15. The quantitative estimate of drug-likeness (QED) is 0.527. The van der Waals surface area contributed by atoms with Crippen molar-refractivity contribution in [2.24, 2.45) is 0 Å². The zero-order valence-corrected chi connectivity index (χ0v) is 15.6. The van der Waals surface area contributed by atoms with Crippen molar-refractivity contribution >= 4 is 11.2 Å². The average Bonchev–Trinajstić information content (AvgIpc) is 3.11. The lowest BCUT2D eigenvalue weighted by atomic mass is 10.1. The predicted molar refractivity (Wildman–Crippen MR) is 101 cm³/mol. The Morgan fingerprint density at radius 3 is 2.55 bits per heavy atom. The van der Waals surface area contributed by atoms with Gasteiger partial charge in [-0.1, -0.05) is 23.4 Å². The van der Waals surface area contributed by atoms with Gasteiger partial charge in [-0.2, -0.15) is 17.9 Å². The van der Waals surface area contributed by atoms with Crippen LogP contribution in [0.1, 0.15) is 22.3 Å². The minimum Gasteiger partial charge on any atom is -0.293 e. The second-order valence-corrected chi connectivity index (χ2v) is 6.82. The Hall–Kier alpha value is -3.49. The number of alkyl halides is 3. The lowest BCUT2D eigenvalue weighted by Gasteiger charge is -2.10. The molecule has 0 N–H and O–H groups in total. The van der Waals surface area contributed by atoms with Crippen LogP contribution in [0, 0.1) is 13.8 Å². The Labute approximate surface area is 163 Å². The Morgan fingerprint density at radius 2 is 1.83 bits per heavy atom. The van der Waals surface area contributed by atoms with Gasteiger partial charge in [0.2, 0.25) is 0 Å². The molecule has 0 atom stereocenters. The van der Waals surface area contributed by atoms with Crippen LogP contribution in [-0.2, 0) is 12.7 Å². The molecular weight excluding hydrogens is 383 g/mol. The molecule has 2 aromatic carbocycles. The van der Waals surface area contributed by atoms with Gasteiger partial charge in [-0.05, 0) is 54.8 Å². The highest BCUT2D eigenvalue weighted by molar-refractivity contribution is 5.70. The molecule has 0 fully saturated rings. The van der Waals surface area contributed by atoms with Crippen LogP contribution in [0.4, 0.5) is 13.2 Å². The van der Waals surface area contributed by atoms with E-state index in [4.69, 9.17) is 0 Å². The van der Waals surface area contributed by atoms with Crippen LogP contribution in [0.25, 0.3) is 16.9 Å². The molecule has 0 saturated heterocycles. The molecular formula is C20H16F3N5O.